The molecule has 0 bridgehead atoms. The lowest BCUT2D eigenvalue weighted by molar-refractivity contribution is 0.331. The summed E-state index contributed by atoms with van der Waals surface area (Å²) in [6.45, 7) is 2.28. The Morgan fingerprint density at radius 1 is 1.07 bits per heavy atom. The van der Waals surface area contributed by atoms with E-state index in [2.05, 4.69) is 20.5 Å². The van der Waals surface area contributed by atoms with E-state index in [0.29, 0.717) is 24.0 Å². The van der Waals surface area contributed by atoms with Gasteiger partial charge in [-0.05, 0) is 36.9 Å². The highest BCUT2D eigenvalue weighted by Crippen LogP contribution is 2.29. The van der Waals surface area contributed by atoms with Crippen LogP contribution in [0.25, 0.3) is 0 Å². The predicted molar refractivity (Wildman–Crippen MR) is 123 cm³/mol. The molecule has 0 saturated heterocycles. The third-order valence-electron chi connectivity index (χ3n) is 4.02. The van der Waals surface area contributed by atoms with E-state index in [-0.39, 0.29) is 29.8 Å². The van der Waals surface area contributed by atoms with Crippen molar-refractivity contribution in [1.29, 1.82) is 0 Å². The van der Waals surface area contributed by atoms with Crippen LogP contribution in [0.4, 0.5) is 10.1 Å². The SMILES string of the molecule is CN=C(NCCN(C)Cc1ccc(F)cc1)Nc1ccc(OC)c(OC)c1.I. The zero-order valence-electron chi connectivity index (χ0n) is 16.7. The van der Waals surface area contributed by atoms with E-state index < -0.39 is 0 Å². The molecular formula is C20H28FIN4O2. The second kappa shape index (κ2) is 12.4. The molecule has 8 heteroatoms. The van der Waals surface area contributed by atoms with E-state index in [0.717, 1.165) is 24.3 Å². The van der Waals surface area contributed by atoms with Crippen molar-refractivity contribution >= 4 is 35.6 Å². The van der Waals surface area contributed by atoms with Crippen molar-refractivity contribution in [2.24, 2.45) is 4.99 Å². The van der Waals surface area contributed by atoms with Crippen molar-refractivity contribution in [3.63, 3.8) is 0 Å². The third-order valence-corrected chi connectivity index (χ3v) is 4.02. The average Bonchev–Trinajstić information content (AvgIpc) is 2.68. The molecule has 0 fully saturated rings. The smallest absolute Gasteiger partial charge is 0.195 e. The third kappa shape index (κ3) is 7.51. The molecule has 0 heterocycles. The number of hydrogen-bond donors (Lipinski definition) is 2. The first-order valence-electron chi connectivity index (χ1n) is 8.68. The summed E-state index contributed by atoms with van der Waals surface area (Å²) in [5, 5.41) is 6.50. The number of likely N-dealkylation sites (N-methyl/N-ethyl adjacent to an activating group) is 1. The fourth-order valence-electron chi connectivity index (χ4n) is 2.58. The number of methoxy groups -OCH3 is 2. The molecule has 0 unspecified atom stereocenters. The minimum absolute atomic E-state index is 0. The van der Waals surface area contributed by atoms with Crippen molar-refractivity contribution in [3.05, 3.63) is 53.8 Å². The normalized spacial score (nSPS) is 11.0. The van der Waals surface area contributed by atoms with Gasteiger partial charge in [0, 0.05) is 38.4 Å². The van der Waals surface area contributed by atoms with Crippen molar-refractivity contribution in [3.8, 4) is 11.5 Å². The Kier molecular flexibility index (Phi) is 10.6. The highest BCUT2D eigenvalue weighted by molar-refractivity contribution is 14.0. The zero-order valence-corrected chi connectivity index (χ0v) is 19.0. The molecule has 0 aliphatic carbocycles. The molecule has 2 aromatic rings. The molecule has 0 saturated carbocycles. The van der Waals surface area contributed by atoms with E-state index in [1.54, 1.807) is 33.4 Å². The minimum Gasteiger partial charge on any atom is -0.493 e. The van der Waals surface area contributed by atoms with Crippen LogP contribution in [0.3, 0.4) is 0 Å². The number of anilines is 1. The van der Waals surface area contributed by atoms with Gasteiger partial charge in [-0.3, -0.25) is 4.99 Å². The first kappa shape index (κ1) is 24.0. The molecule has 0 radical (unpaired) electrons. The number of guanidine groups is 1. The summed E-state index contributed by atoms with van der Waals surface area (Å²) in [6, 6.07) is 12.2. The van der Waals surface area contributed by atoms with Gasteiger partial charge in [0.05, 0.1) is 14.2 Å². The number of benzene rings is 2. The molecule has 2 N–H and O–H groups in total. The van der Waals surface area contributed by atoms with Gasteiger partial charge >= 0.3 is 0 Å². The lowest BCUT2D eigenvalue weighted by Crippen LogP contribution is -2.36. The summed E-state index contributed by atoms with van der Waals surface area (Å²) in [4.78, 5) is 6.39. The van der Waals surface area contributed by atoms with Crippen molar-refractivity contribution in [2.45, 2.75) is 6.54 Å². The number of rotatable bonds is 8. The maximum Gasteiger partial charge on any atom is 0.195 e. The van der Waals surface area contributed by atoms with Gasteiger partial charge in [0.25, 0.3) is 0 Å². The quantitative estimate of drug-likeness (QED) is 0.329. The first-order valence-corrected chi connectivity index (χ1v) is 8.68. The number of nitrogens with zero attached hydrogens (tertiary/aromatic N) is 2. The largest absolute Gasteiger partial charge is 0.493 e. The Labute approximate surface area is 183 Å². The van der Waals surface area contributed by atoms with Crippen molar-refractivity contribution < 1.29 is 13.9 Å². The molecule has 2 aromatic carbocycles. The summed E-state index contributed by atoms with van der Waals surface area (Å²) >= 11 is 0. The van der Waals surface area contributed by atoms with Gasteiger partial charge in [0.15, 0.2) is 17.5 Å². The second-order valence-corrected chi connectivity index (χ2v) is 6.06. The Morgan fingerprint density at radius 2 is 1.75 bits per heavy atom. The molecule has 0 aliphatic heterocycles. The van der Waals surface area contributed by atoms with E-state index in [1.807, 2.05) is 25.2 Å². The van der Waals surface area contributed by atoms with Gasteiger partial charge in [0.2, 0.25) is 0 Å². The molecule has 0 atom stereocenters. The lowest BCUT2D eigenvalue weighted by Gasteiger charge is -2.18. The van der Waals surface area contributed by atoms with Crippen LogP contribution < -0.4 is 20.1 Å². The summed E-state index contributed by atoms with van der Waals surface area (Å²) in [5.41, 5.74) is 1.92. The average molecular weight is 502 g/mol. The van der Waals surface area contributed by atoms with Crippen LogP contribution in [-0.2, 0) is 6.54 Å². The number of nitrogens with one attached hydrogen (secondary N) is 2. The maximum atomic E-state index is 13.0. The van der Waals surface area contributed by atoms with Gasteiger partial charge in [0.1, 0.15) is 5.82 Å². The summed E-state index contributed by atoms with van der Waals surface area (Å²) in [7, 11) is 6.95. The molecule has 154 valence electrons. The topological polar surface area (TPSA) is 58.1 Å². The summed E-state index contributed by atoms with van der Waals surface area (Å²) < 4.78 is 23.5. The highest BCUT2D eigenvalue weighted by Gasteiger charge is 2.07. The predicted octanol–water partition coefficient (Wildman–Crippen LogP) is 3.58. The number of hydrogen-bond acceptors (Lipinski definition) is 4. The zero-order chi connectivity index (χ0) is 19.6. The van der Waals surface area contributed by atoms with E-state index in [9.17, 15) is 4.39 Å². The molecule has 0 amide bonds. The van der Waals surface area contributed by atoms with E-state index >= 15 is 0 Å². The second-order valence-electron chi connectivity index (χ2n) is 6.06. The standard InChI is InChI=1S/C20H27FN4O2.HI/c1-22-20(24-17-9-10-18(26-3)19(13-17)27-4)23-11-12-25(2)14-15-5-7-16(21)8-6-15;/h5-10,13H,11-12,14H2,1-4H3,(H2,22,23,24);1H. The van der Waals surface area contributed by atoms with Gasteiger partial charge < -0.3 is 25.0 Å². The molecule has 6 nitrogen and oxygen atoms in total. The molecule has 28 heavy (non-hydrogen) atoms. The number of ether oxygens (including phenoxy) is 2. The van der Waals surface area contributed by atoms with Crippen LogP contribution in [0, 0.1) is 5.82 Å². The Hall–Kier alpha value is -2.07. The Balaban J connectivity index is 0.00000392. The van der Waals surface area contributed by atoms with Crippen LogP contribution in [0.15, 0.2) is 47.5 Å². The number of aliphatic imine (C=N–C) groups is 1. The van der Waals surface area contributed by atoms with Gasteiger partial charge in [-0.25, -0.2) is 4.39 Å². The minimum atomic E-state index is -0.215. The van der Waals surface area contributed by atoms with Crippen LogP contribution in [0.1, 0.15) is 5.56 Å². The fourth-order valence-corrected chi connectivity index (χ4v) is 2.58. The first-order chi connectivity index (χ1) is 13.0. The van der Waals surface area contributed by atoms with Crippen molar-refractivity contribution in [1.82, 2.24) is 10.2 Å². The number of halogens is 2. The van der Waals surface area contributed by atoms with Gasteiger partial charge in [-0.2, -0.15) is 0 Å². The monoisotopic (exact) mass is 502 g/mol. The van der Waals surface area contributed by atoms with Crippen LogP contribution in [0.5, 0.6) is 11.5 Å². The van der Waals surface area contributed by atoms with Gasteiger partial charge in [-0.15, -0.1) is 24.0 Å². The van der Waals surface area contributed by atoms with Crippen LogP contribution in [0.2, 0.25) is 0 Å². The fraction of sp³-hybridized carbons (Fsp3) is 0.350. The Morgan fingerprint density at radius 3 is 2.36 bits per heavy atom. The molecule has 0 aliphatic rings. The lowest BCUT2D eigenvalue weighted by atomic mass is 10.2. The molecule has 2 rings (SSSR count). The van der Waals surface area contributed by atoms with Crippen LogP contribution in [-0.4, -0.2) is 52.3 Å². The molecule has 0 spiro atoms. The van der Waals surface area contributed by atoms with Gasteiger partial charge in [-0.1, -0.05) is 12.1 Å². The highest BCUT2D eigenvalue weighted by atomic mass is 127. The Bertz CT molecular complexity index is 756. The molecule has 0 aromatic heterocycles. The van der Waals surface area contributed by atoms with E-state index in [1.165, 1.54) is 12.1 Å². The summed E-state index contributed by atoms with van der Waals surface area (Å²) in [6.07, 6.45) is 0. The van der Waals surface area contributed by atoms with E-state index in [4.69, 9.17) is 9.47 Å². The summed E-state index contributed by atoms with van der Waals surface area (Å²) in [5.74, 6) is 1.77. The van der Waals surface area contributed by atoms with Crippen LogP contribution >= 0.6 is 24.0 Å². The molecular weight excluding hydrogens is 474 g/mol. The maximum absolute atomic E-state index is 13.0. The van der Waals surface area contributed by atoms with Crippen molar-refractivity contribution in [2.75, 3.05) is 46.7 Å².